The van der Waals surface area contributed by atoms with Crippen molar-refractivity contribution in [1.29, 1.82) is 0 Å². The van der Waals surface area contributed by atoms with Gasteiger partial charge in [0.1, 0.15) is 6.67 Å². The Bertz CT molecular complexity index is 973. The van der Waals surface area contributed by atoms with E-state index in [0.29, 0.717) is 18.4 Å². The predicted molar refractivity (Wildman–Crippen MR) is 104 cm³/mol. The maximum absolute atomic E-state index is 4.86. The zero-order valence-corrected chi connectivity index (χ0v) is 15.8. The van der Waals surface area contributed by atoms with Gasteiger partial charge in [0.05, 0.1) is 20.1 Å². The smallest absolute Gasteiger partial charge is 0.214 e. The molecule has 1 aromatic carbocycles. The molecule has 1 atom stereocenters. The minimum absolute atomic E-state index is 0.487. The number of aromatic nitrogens is 5. The molecular weight excluding hydrogens is 364 g/mol. The zero-order valence-electron chi connectivity index (χ0n) is 14.2. The molecule has 8 heteroatoms. The summed E-state index contributed by atoms with van der Waals surface area (Å²) in [6.07, 6.45) is 2.37. The van der Waals surface area contributed by atoms with Gasteiger partial charge in [-0.1, -0.05) is 18.2 Å². The van der Waals surface area contributed by atoms with Crippen molar-refractivity contribution >= 4 is 32.9 Å². The molecule has 4 heterocycles. The Morgan fingerprint density at radius 3 is 3.00 bits per heavy atom. The van der Waals surface area contributed by atoms with Crippen LogP contribution < -0.4 is 0 Å². The normalized spacial score (nSPS) is 18.5. The fourth-order valence-electron chi connectivity index (χ4n) is 3.44. The maximum Gasteiger partial charge on any atom is 0.214 e. The fourth-order valence-corrected chi connectivity index (χ4v) is 5.18. The minimum Gasteiger partial charge on any atom is -0.282 e. The van der Waals surface area contributed by atoms with Crippen molar-refractivity contribution in [2.24, 2.45) is 0 Å². The Morgan fingerprint density at radius 1 is 1.15 bits per heavy atom. The maximum atomic E-state index is 4.86. The number of tetrazole rings is 1. The highest BCUT2D eigenvalue weighted by Crippen LogP contribution is 2.33. The van der Waals surface area contributed by atoms with Gasteiger partial charge < -0.3 is 0 Å². The van der Waals surface area contributed by atoms with Crippen molar-refractivity contribution in [2.75, 3.05) is 13.1 Å². The average Bonchev–Trinajstić information content (AvgIpc) is 3.41. The zero-order chi connectivity index (χ0) is 17.3. The number of likely N-dealkylation sites (tertiary alicyclic amines) is 1. The van der Waals surface area contributed by atoms with E-state index in [1.807, 2.05) is 28.8 Å². The molecule has 1 aliphatic rings. The molecule has 1 saturated heterocycles. The van der Waals surface area contributed by atoms with Crippen LogP contribution in [0.15, 0.2) is 41.8 Å². The van der Waals surface area contributed by atoms with E-state index in [2.05, 4.69) is 44.6 Å². The molecule has 1 unspecified atom stereocenters. The van der Waals surface area contributed by atoms with Gasteiger partial charge in [-0.3, -0.25) is 4.90 Å². The van der Waals surface area contributed by atoms with Crippen molar-refractivity contribution in [3.8, 4) is 10.7 Å². The van der Waals surface area contributed by atoms with Crippen molar-refractivity contribution in [2.45, 2.75) is 25.4 Å². The summed E-state index contributed by atoms with van der Waals surface area (Å²) in [5.74, 6) is 1.20. The highest BCUT2D eigenvalue weighted by Gasteiger charge is 2.24. The van der Waals surface area contributed by atoms with E-state index >= 15 is 0 Å². The Balaban J connectivity index is 1.30. The second kappa shape index (κ2) is 6.86. The van der Waals surface area contributed by atoms with Gasteiger partial charge in [-0.05, 0) is 48.2 Å². The molecule has 0 radical (unpaired) electrons. The molecule has 3 aromatic heterocycles. The summed E-state index contributed by atoms with van der Waals surface area (Å²) in [4.78, 5) is 10.0. The highest BCUT2D eigenvalue weighted by molar-refractivity contribution is 7.18. The third kappa shape index (κ3) is 3.15. The molecule has 26 heavy (non-hydrogen) atoms. The van der Waals surface area contributed by atoms with Gasteiger partial charge in [-0.25, -0.2) is 4.98 Å². The predicted octanol–water partition coefficient (Wildman–Crippen LogP) is 3.85. The monoisotopic (exact) mass is 382 g/mol. The van der Waals surface area contributed by atoms with Crippen LogP contribution in [0.2, 0.25) is 0 Å². The van der Waals surface area contributed by atoms with Gasteiger partial charge in [-0.15, -0.1) is 37.7 Å². The Hall–Kier alpha value is -2.16. The van der Waals surface area contributed by atoms with E-state index in [1.165, 1.54) is 22.5 Å². The van der Waals surface area contributed by atoms with Gasteiger partial charge in [0, 0.05) is 12.5 Å². The number of hydrogen-bond donors (Lipinski definition) is 0. The summed E-state index contributed by atoms with van der Waals surface area (Å²) in [5.41, 5.74) is 1.11. The summed E-state index contributed by atoms with van der Waals surface area (Å²) >= 11 is 3.46. The van der Waals surface area contributed by atoms with Crippen molar-refractivity contribution in [1.82, 2.24) is 30.1 Å². The number of nitrogens with zero attached hydrogens (tertiary/aromatic N) is 6. The molecule has 1 aliphatic heterocycles. The topological polar surface area (TPSA) is 59.7 Å². The van der Waals surface area contributed by atoms with Crippen molar-refractivity contribution in [3.05, 3.63) is 46.8 Å². The van der Waals surface area contributed by atoms with Crippen LogP contribution in [-0.4, -0.2) is 43.2 Å². The third-order valence-corrected chi connectivity index (χ3v) is 6.75. The van der Waals surface area contributed by atoms with Crippen LogP contribution in [0, 0.1) is 0 Å². The second-order valence-corrected chi connectivity index (χ2v) is 8.55. The Kier molecular flexibility index (Phi) is 4.24. The molecule has 4 aromatic rings. The molecule has 0 spiro atoms. The van der Waals surface area contributed by atoms with Crippen LogP contribution in [0.5, 0.6) is 0 Å². The molecule has 0 bridgehead atoms. The van der Waals surface area contributed by atoms with E-state index in [4.69, 9.17) is 4.98 Å². The lowest BCUT2D eigenvalue weighted by Crippen LogP contribution is -2.36. The molecule has 5 rings (SSSR count). The number of rotatable bonds is 4. The van der Waals surface area contributed by atoms with Crippen molar-refractivity contribution < 1.29 is 0 Å². The fraction of sp³-hybridized carbons (Fsp3) is 0.333. The second-order valence-electron chi connectivity index (χ2n) is 6.54. The largest absolute Gasteiger partial charge is 0.282 e. The first-order chi connectivity index (χ1) is 12.8. The number of hydrogen-bond acceptors (Lipinski definition) is 7. The number of fused-ring (bicyclic) bond motifs is 1. The molecule has 6 nitrogen and oxygen atoms in total. The lowest BCUT2D eigenvalue weighted by molar-refractivity contribution is 0.147. The molecule has 0 amide bonds. The summed E-state index contributed by atoms with van der Waals surface area (Å²) in [7, 11) is 0. The summed E-state index contributed by atoms with van der Waals surface area (Å²) in [6.45, 7) is 2.74. The average molecular weight is 383 g/mol. The molecule has 0 N–H and O–H groups in total. The SMILES string of the molecule is c1csc(-c2nnn(CN3CCCC(c4nc5ccccc5s4)C3)n2)c1. The molecule has 0 saturated carbocycles. The first-order valence-corrected chi connectivity index (χ1v) is 10.4. The number of para-hydroxylation sites is 1. The minimum atomic E-state index is 0.487. The van der Waals surface area contributed by atoms with Gasteiger partial charge in [0.2, 0.25) is 5.82 Å². The van der Waals surface area contributed by atoms with E-state index in [0.717, 1.165) is 23.5 Å². The quantitative estimate of drug-likeness (QED) is 0.537. The van der Waals surface area contributed by atoms with Crippen molar-refractivity contribution in [3.63, 3.8) is 0 Å². The number of thiazole rings is 1. The summed E-state index contributed by atoms with van der Waals surface area (Å²) < 4.78 is 1.28. The first kappa shape index (κ1) is 16.0. The van der Waals surface area contributed by atoms with Crippen LogP contribution in [0.4, 0.5) is 0 Å². The summed E-state index contributed by atoms with van der Waals surface area (Å²) in [6, 6.07) is 12.4. The Morgan fingerprint density at radius 2 is 2.12 bits per heavy atom. The highest BCUT2D eigenvalue weighted by atomic mass is 32.1. The van der Waals surface area contributed by atoms with Gasteiger partial charge in [0.15, 0.2) is 0 Å². The number of piperidine rings is 1. The van der Waals surface area contributed by atoms with Crippen LogP contribution >= 0.6 is 22.7 Å². The summed E-state index contributed by atoms with van der Waals surface area (Å²) in [5, 5.41) is 16.2. The first-order valence-electron chi connectivity index (χ1n) is 8.75. The van der Waals surface area contributed by atoms with Crippen LogP contribution in [-0.2, 0) is 6.67 Å². The lowest BCUT2D eigenvalue weighted by Gasteiger charge is -2.30. The van der Waals surface area contributed by atoms with Crippen LogP contribution in [0.3, 0.4) is 0 Å². The van der Waals surface area contributed by atoms with E-state index < -0.39 is 0 Å². The Labute approximate surface area is 159 Å². The van der Waals surface area contributed by atoms with Gasteiger partial charge in [0.25, 0.3) is 0 Å². The van der Waals surface area contributed by atoms with E-state index in [-0.39, 0.29) is 0 Å². The molecule has 132 valence electrons. The standard InChI is InChI=1S/C18H18N6S2/c1-2-7-15-14(6-1)19-18(26-15)13-5-3-9-23(11-13)12-24-21-17(20-22-24)16-8-4-10-25-16/h1-2,4,6-8,10,13H,3,5,9,11-12H2. The molecule has 0 aliphatic carbocycles. The molecule has 1 fully saturated rings. The number of benzene rings is 1. The van der Waals surface area contributed by atoms with Gasteiger partial charge >= 0.3 is 0 Å². The van der Waals surface area contributed by atoms with E-state index in [1.54, 1.807) is 16.1 Å². The molecular formula is C18H18N6S2. The van der Waals surface area contributed by atoms with Gasteiger partial charge in [-0.2, -0.15) is 0 Å². The van der Waals surface area contributed by atoms with Crippen LogP contribution in [0.1, 0.15) is 23.8 Å². The van der Waals surface area contributed by atoms with Crippen LogP contribution in [0.25, 0.3) is 20.9 Å². The van der Waals surface area contributed by atoms with E-state index in [9.17, 15) is 0 Å². The lowest BCUT2D eigenvalue weighted by atomic mass is 9.99. The number of thiophene rings is 1. The third-order valence-electron chi connectivity index (χ3n) is 4.69.